The Morgan fingerprint density at radius 3 is 2.73 bits per heavy atom. The highest BCUT2D eigenvalue weighted by Gasteiger charge is 2.26. The van der Waals surface area contributed by atoms with Crippen molar-refractivity contribution in [3.05, 3.63) is 53.1 Å². The van der Waals surface area contributed by atoms with Gasteiger partial charge in [-0.15, -0.1) is 0 Å². The van der Waals surface area contributed by atoms with Gasteiger partial charge in [0, 0.05) is 19.3 Å². The van der Waals surface area contributed by atoms with Crippen LogP contribution in [0.4, 0.5) is 5.69 Å². The average molecular weight is 374 g/mol. The minimum atomic E-state index is -3.65. The summed E-state index contributed by atoms with van der Waals surface area (Å²) in [7, 11) is -1.96. The molecule has 0 aromatic heterocycles. The molecule has 0 fully saturated rings. The minimum Gasteiger partial charge on any atom is -0.492 e. The van der Waals surface area contributed by atoms with E-state index in [-0.39, 0.29) is 30.4 Å². The topological polar surface area (TPSA) is 75.7 Å². The van der Waals surface area contributed by atoms with Crippen molar-refractivity contribution in [1.82, 2.24) is 4.72 Å². The predicted molar refractivity (Wildman–Crippen MR) is 100 cm³/mol. The lowest BCUT2D eigenvalue weighted by Gasteiger charge is -2.13. The third-order valence-electron chi connectivity index (χ3n) is 4.65. The number of amides is 1. The molecule has 1 aliphatic rings. The number of carbonyl (C=O) groups is 1. The fraction of sp³-hybridized carbons (Fsp3) is 0.316. The summed E-state index contributed by atoms with van der Waals surface area (Å²) in [6.45, 7) is 4.36. The Labute approximate surface area is 153 Å². The molecule has 6 nitrogen and oxygen atoms in total. The van der Waals surface area contributed by atoms with Crippen LogP contribution >= 0.6 is 0 Å². The van der Waals surface area contributed by atoms with Crippen molar-refractivity contribution in [2.75, 3.05) is 25.1 Å². The Balaban J connectivity index is 1.62. The number of nitrogens with zero attached hydrogens (tertiary/aromatic N) is 1. The van der Waals surface area contributed by atoms with Crippen LogP contribution in [0.5, 0.6) is 5.75 Å². The standard InChI is InChI=1S/C19H22N2O4S/c1-13-5-4-6-18(14(13)2)25-10-9-20-26(23,24)16-7-8-17-15(11-16)12-19(22)21(17)3/h4-8,11,20H,9-10,12H2,1-3H3. The highest BCUT2D eigenvalue weighted by Crippen LogP contribution is 2.29. The van der Waals surface area contributed by atoms with E-state index >= 15 is 0 Å². The summed E-state index contributed by atoms with van der Waals surface area (Å²) in [6.07, 6.45) is 0.227. The average Bonchev–Trinajstić information content (AvgIpc) is 2.89. The highest BCUT2D eigenvalue weighted by molar-refractivity contribution is 7.89. The molecular weight excluding hydrogens is 352 g/mol. The second-order valence-electron chi connectivity index (χ2n) is 6.36. The van der Waals surface area contributed by atoms with Crippen molar-refractivity contribution >= 4 is 21.6 Å². The van der Waals surface area contributed by atoms with E-state index in [1.54, 1.807) is 19.2 Å². The van der Waals surface area contributed by atoms with E-state index in [4.69, 9.17) is 4.74 Å². The van der Waals surface area contributed by atoms with Gasteiger partial charge >= 0.3 is 0 Å². The van der Waals surface area contributed by atoms with Gasteiger partial charge in [-0.3, -0.25) is 4.79 Å². The summed E-state index contributed by atoms with van der Waals surface area (Å²) < 4.78 is 33.1. The molecule has 0 radical (unpaired) electrons. The summed E-state index contributed by atoms with van der Waals surface area (Å²) in [5.74, 6) is 0.715. The Hall–Kier alpha value is -2.38. The number of benzene rings is 2. The normalized spacial score (nSPS) is 13.8. The van der Waals surface area contributed by atoms with Crippen LogP contribution in [0.15, 0.2) is 41.3 Å². The van der Waals surface area contributed by atoms with Crippen LogP contribution in [0.2, 0.25) is 0 Å². The molecule has 0 saturated heterocycles. The SMILES string of the molecule is Cc1cccc(OCCNS(=O)(=O)c2ccc3c(c2)CC(=O)N3C)c1C. The summed E-state index contributed by atoms with van der Waals surface area (Å²) in [5, 5.41) is 0. The molecule has 1 aliphatic heterocycles. The first-order valence-corrected chi connectivity index (χ1v) is 9.86. The molecule has 1 heterocycles. The monoisotopic (exact) mass is 374 g/mol. The van der Waals surface area contributed by atoms with E-state index in [1.165, 1.54) is 11.0 Å². The Kier molecular flexibility index (Phi) is 5.02. The van der Waals surface area contributed by atoms with Crippen molar-refractivity contribution in [2.45, 2.75) is 25.2 Å². The van der Waals surface area contributed by atoms with Gasteiger partial charge in [-0.2, -0.15) is 0 Å². The zero-order valence-corrected chi connectivity index (χ0v) is 15.9. The van der Waals surface area contributed by atoms with Gasteiger partial charge in [0.15, 0.2) is 0 Å². The number of nitrogens with one attached hydrogen (secondary N) is 1. The third kappa shape index (κ3) is 3.59. The number of fused-ring (bicyclic) bond motifs is 1. The number of likely N-dealkylation sites (N-methyl/N-ethyl adjacent to an activating group) is 1. The number of sulfonamides is 1. The fourth-order valence-corrected chi connectivity index (χ4v) is 3.98. The molecule has 0 spiro atoms. The van der Waals surface area contributed by atoms with E-state index in [1.807, 2.05) is 32.0 Å². The van der Waals surface area contributed by atoms with E-state index in [0.717, 1.165) is 28.1 Å². The van der Waals surface area contributed by atoms with Gasteiger partial charge in [0.2, 0.25) is 15.9 Å². The first-order chi connectivity index (χ1) is 12.3. The zero-order valence-electron chi connectivity index (χ0n) is 15.1. The third-order valence-corrected chi connectivity index (χ3v) is 6.10. The number of hydrogen-bond donors (Lipinski definition) is 1. The van der Waals surface area contributed by atoms with Crippen LogP contribution in [0, 0.1) is 13.8 Å². The number of ether oxygens (including phenoxy) is 1. The van der Waals surface area contributed by atoms with Gasteiger partial charge in [0.05, 0.1) is 11.3 Å². The molecular formula is C19H22N2O4S. The Bertz CT molecular complexity index is 954. The molecule has 2 aromatic rings. The maximum Gasteiger partial charge on any atom is 0.240 e. The lowest BCUT2D eigenvalue weighted by Crippen LogP contribution is -2.28. The molecule has 138 valence electrons. The summed E-state index contributed by atoms with van der Waals surface area (Å²) >= 11 is 0. The van der Waals surface area contributed by atoms with Crippen molar-refractivity contribution in [1.29, 1.82) is 0 Å². The number of hydrogen-bond acceptors (Lipinski definition) is 4. The van der Waals surface area contributed by atoms with E-state index in [0.29, 0.717) is 0 Å². The van der Waals surface area contributed by atoms with E-state index in [2.05, 4.69) is 4.72 Å². The summed E-state index contributed by atoms with van der Waals surface area (Å²) in [4.78, 5) is 13.4. The number of rotatable bonds is 6. The first-order valence-electron chi connectivity index (χ1n) is 8.38. The molecule has 1 amide bonds. The van der Waals surface area contributed by atoms with Crippen molar-refractivity contribution < 1.29 is 17.9 Å². The van der Waals surface area contributed by atoms with Gasteiger partial charge in [0.25, 0.3) is 0 Å². The molecule has 0 aliphatic carbocycles. The first kappa shape index (κ1) is 18.4. The molecule has 26 heavy (non-hydrogen) atoms. The zero-order chi connectivity index (χ0) is 18.9. The van der Waals surface area contributed by atoms with E-state index in [9.17, 15) is 13.2 Å². The molecule has 0 saturated carbocycles. The number of carbonyl (C=O) groups excluding carboxylic acids is 1. The minimum absolute atomic E-state index is 0.0376. The van der Waals surface area contributed by atoms with Crippen LogP contribution in [-0.4, -0.2) is 34.5 Å². The second kappa shape index (κ2) is 7.09. The van der Waals surface area contributed by atoms with E-state index < -0.39 is 10.0 Å². The lowest BCUT2D eigenvalue weighted by atomic mass is 10.1. The molecule has 0 bridgehead atoms. The maximum absolute atomic E-state index is 12.5. The van der Waals surface area contributed by atoms with Gasteiger partial charge in [-0.05, 0) is 54.8 Å². The molecule has 0 unspecified atom stereocenters. The molecule has 0 atom stereocenters. The van der Waals surface area contributed by atoms with Crippen LogP contribution < -0.4 is 14.4 Å². The highest BCUT2D eigenvalue weighted by atomic mass is 32.2. The molecule has 1 N–H and O–H groups in total. The quantitative estimate of drug-likeness (QED) is 0.787. The predicted octanol–water partition coefficient (Wildman–Crippen LogP) is 2.18. The number of anilines is 1. The fourth-order valence-electron chi connectivity index (χ4n) is 2.91. The Morgan fingerprint density at radius 2 is 1.96 bits per heavy atom. The van der Waals surface area contributed by atoms with Crippen LogP contribution in [0.1, 0.15) is 16.7 Å². The van der Waals surface area contributed by atoms with Gasteiger partial charge in [-0.25, -0.2) is 13.1 Å². The second-order valence-corrected chi connectivity index (χ2v) is 8.13. The van der Waals surface area contributed by atoms with Crippen molar-refractivity contribution in [3.8, 4) is 5.75 Å². The van der Waals surface area contributed by atoms with Crippen molar-refractivity contribution in [2.24, 2.45) is 0 Å². The lowest BCUT2D eigenvalue weighted by molar-refractivity contribution is -0.117. The number of aryl methyl sites for hydroxylation is 1. The van der Waals surface area contributed by atoms with Crippen LogP contribution in [-0.2, 0) is 21.2 Å². The largest absolute Gasteiger partial charge is 0.492 e. The summed E-state index contributed by atoms with van der Waals surface area (Å²) in [6, 6.07) is 10.5. The molecule has 3 rings (SSSR count). The summed E-state index contributed by atoms with van der Waals surface area (Å²) in [5.41, 5.74) is 3.66. The molecule has 2 aromatic carbocycles. The van der Waals surface area contributed by atoms with Gasteiger partial charge in [0.1, 0.15) is 12.4 Å². The van der Waals surface area contributed by atoms with Crippen LogP contribution in [0.3, 0.4) is 0 Å². The van der Waals surface area contributed by atoms with Gasteiger partial charge < -0.3 is 9.64 Å². The Morgan fingerprint density at radius 1 is 1.19 bits per heavy atom. The van der Waals surface area contributed by atoms with Crippen molar-refractivity contribution in [3.63, 3.8) is 0 Å². The molecule has 7 heteroatoms. The van der Waals surface area contributed by atoms with Gasteiger partial charge in [-0.1, -0.05) is 12.1 Å². The smallest absolute Gasteiger partial charge is 0.240 e. The van der Waals surface area contributed by atoms with Crippen LogP contribution in [0.25, 0.3) is 0 Å². The maximum atomic E-state index is 12.5.